The first-order chi connectivity index (χ1) is 13.1. The molecular formula is C20H15ClN4O2. The Morgan fingerprint density at radius 2 is 2.11 bits per heavy atom. The zero-order valence-electron chi connectivity index (χ0n) is 14.4. The molecule has 6 nitrogen and oxygen atoms in total. The van der Waals surface area contributed by atoms with Crippen LogP contribution in [-0.2, 0) is 0 Å². The van der Waals surface area contributed by atoms with Crippen molar-refractivity contribution in [1.29, 1.82) is 0 Å². The van der Waals surface area contributed by atoms with Crippen molar-refractivity contribution in [2.24, 2.45) is 0 Å². The van der Waals surface area contributed by atoms with E-state index in [1.54, 1.807) is 48.9 Å². The van der Waals surface area contributed by atoms with E-state index in [0.29, 0.717) is 32.9 Å². The van der Waals surface area contributed by atoms with Crippen LogP contribution in [0.5, 0.6) is 0 Å². The quantitative estimate of drug-likeness (QED) is 0.568. The minimum atomic E-state index is -0.282. The third kappa shape index (κ3) is 3.39. The third-order valence-corrected chi connectivity index (χ3v) is 4.51. The fourth-order valence-electron chi connectivity index (χ4n) is 2.86. The van der Waals surface area contributed by atoms with E-state index in [1.807, 2.05) is 13.0 Å². The summed E-state index contributed by atoms with van der Waals surface area (Å²) in [6.07, 6.45) is 4.65. The second-order valence-electron chi connectivity index (χ2n) is 6.00. The van der Waals surface area contributed by atoms with E-state index >= 15 is 0 Å². The van der Waals surface area contributed by atoms with Gasteiger partial charge in [0.25, 0.3) is 5.91 Å². The maximum Gasteiger partial charge on any atom is 0.252 e. The van der Waals surface area contributed by atoms with Crippen LogP contribution < -0.4 is 5.32 Å². The zero-order chi connectivity index (χ0) is 18.8. The molecule has 7 heteroatoms. The monoisotopic (exact) mass is 378 g/mol. The summed E-state index contributed by atoms with van der Waals surface area (Å²) in [4.78, 5) is 25.7. The number of amides is 1. The summed E-state index contributed by atoms with van der Waals surface area (Å²) in [6, 6.07) is 12.1. The summed E-state index contributed by atoms with van der Waals surface area (Å²) in [5.41, 5.74) is 2.28. The second-order valence-corrected chi connectivity index (χ2v) is 6.40. The first kappa shape index (κ1) is 17.2. The lowest BCUT2D eigenvalue weighted by atomic mass is 10.1. The molecule has 1 amide bonds. The van der Waals surface area contributed by atoms with Crippen LogP contribution in [-0.4, -0.2) is 20.9 Å². The molecule has 0 bridgehead atoms. The largest absolute Gasteiger partial charge is 0.463 e. The van der Waals surface area contributed by atoms with E-state index in [9.17, 15) is 4.79 Å². The molecule has 3 heterocycles. The van der Waals surface area contributed by atoms with Gasteiger partial charge in [-0.3, -0.25) is 4.79 Å². The highest BCUT2D eigenvalue weighted by atomic mass is 35.5. The van der Waals surface area contributed by atoms with Gasteiger partial charge in [-0.05, 0) is 37.3 Å². The molecule has 0 saturated carbocycles. The molecule has 1 atom stereocenters. The highest BCUT2D eigenvalue weighted by Gasteiger charge is 2.19. The maximum absolute atomic E-state index is 13.0. The van der Waals surface area contributed by atoms with Gasteiger partial charge in [0.15, 0.2) is 5.76 Å². The predicted octanol–water partition coefficient (Wildman–Crippen LogP) is 4.43. The minimum Gasteiger partial charge on any atom is -0.463 e. The summed E-state index contributed by atoms with van der Waals surface area (Å²) >= 11 is 6.33. The average molecular weight is 379 g/mol. The fourth-order valence-corrected chi connectivity index (χ4v) is 3.07. The number of halogens is 1. The number of aromatic nitrogens is 3. The highest BCUT2D eigenvalue weighted by molar-refractivity contribution is 6.35. The van der Waals surface area contributed by atoms with Crippen LogP contribution in [0.15, 0.2) is 65.7 Å². The van der Waals surface area contributed by atoms with Gasteiger partial charge in [-0.15, -0.1) is 0 Å². The lowest BCUT2D eigenvalue weighted by molar-refractivity contribution is 0.0940. The second kappa shape index (κ2) is 7.17. The SMILES string of the molecule is C[C@@H](NC(=O)c1cc(-c2ccco2)nc2c(Cl)cccc12)c1ccncn1. The molecule has 0 aliphatic carbocycles. The first-order valence-electron chi connectivity index (χ1n) is 8.33. The summed E-state index contributed by atoms with van der Waals surface area (Å²) in [7, 11) is 0. The normalized spacial score (nSPS) is 12.1. The number of rotatable bonds is 4. The molecule has 0 fully saturated rings. The van der Waals surface area contributed by atoms with Crippen LogP contribution in [0.25, 0.3) is 22.4 Å². The van der Waals surface area contributed by atoms with Gasteiger partial charge in [-0.2, -0.15) is 0 Å². The number of hydrogen-bond donors (Lipinski definition) is 1. The molecule has 1 aromatic carbocycles. The molecular weight excluding hydrogens is 364 g/mol. The van der Waals surface area contributed by atoms with Gasteiger partial charge in [0, 0.05) is 11.6 Å². The predicted molar refractivity (Wildman–Crippen MR) is 102 cm³/mol. The van der Waals surface area contributed by atoms with Crippen molar-refractivity contribution in [2.75, 3.05) is 0 Å². The van der Waals surface area contributed by atoms with E-state index in [2.05, 4.69) is 20.3 Å². The molecule has 1 N–H and O–H groups in total. The summed E-state index contributed by atoms with van der Waals surface area (Å²) in [6.45, 7) is 1.87. The number of nitrogens with zero attached hydrogens (tertiary/aromatic N) is 3. The Kier molecular flexibility index (Phi) is 4.56. The lowest BCUT2D eigenvalue weighted by Crippen LogP contribution is -2.27. The number of para-hydroxylation sites is 1. The van der Waals surface area contributed by atoms with Crippen molar-refractivity contribution < 1.29 is 9.21 Å². The van der Waals surface area contributed by atoms with Crippen molar-refractivity contribution in [2.45, 2.75) is 13.0 Å². The molecule has 4 aromatic rings. The van der Waals surface area contributed by atoms with Crippen LogP contribution in [0.4, 0.5) is 0 Å². The number of carbonyl (C=O) groups excluding carboxylic acids is 1. The number of pyridine rings is 1. The molecule has 27 heavy (non-hydrogen) atoms. The topological polar surface area (TPSA) is 80.9 Å². The molecule has 0 spiro atoms. The molecule has 0 aliphatic heterocycles. The van der Waals surface area contributed by atoms with Crippen molar-refractivity contribution in [3.63, 3.8) is 0 Å². The number of nitrogens with one attached hydrogen (secondary N) is 1. The van der Waals surface area contributed by atoms with Gasteiger partial charge >= 0.3 is 0 Å². The standard InChI is InChI=1S/C20H15ClN4O2/c1-12(16-7-8-22-11-23-16)24-20(26)14-10-17(18-6-3-9-27-18)25-19-13(14)4-2-5-15(19)21/h2-12H,1H3,(H,24,26)/t12-/m1/s1. The van der Waals surface area contributed by atoms with Gasteiger partial charge in [0.1, 0.15) is 12.0 Å². The van der Waals surface area contributed by atoms with Crippen molar-refractivity contribution >= 4 is 28.4 Å². The average Bonchev–Trinajstić information content (AvgIpc) is 3.23. The van der Waals surface area contributed by atoms with Crippen LogP contribution in [0.3, 0.4) is 0 Å². The maximum atomic E-state index is 13.0. The van der Waals surface area contributed by atoms with E-state index in [4.69, 9.17) is 16.0 Å². The summed E-state index contributed by atoms with van der Waals surface area (Å²) in [5.74, 6) is 0.318. The van der Waals surface area contributed by atoms with Crippen LogP contribution in [0, 0.1) is 0 Å². The van der Waals surface area contributed by atoms with Gasteiger partial charge in [0.2, 0.25) is 0 Å². The number of fused-ring (bicyclic) bond motifs is 1. The minimum absolute atomic E-state index is 0.247. The summed E-state index contributed by atoms with van der Waals surface area (Å²) in [5, 5.41) is 4.11. The Labute approximate surface area is 160 Å². The number of benzene rings is 1. The van der Waals surface area contributed by atoms with E-state index in [1.165, 1.54) is 6.33 Å². The molecule has 0 radical (unpaired) electrons. The molecule has 0 saturated heterocycles. The Bertz CT molecular complexity index is 1100. The fraction of sp³-hybridized carbons (Fsp3) is 0.100. The smallest absolute Gasteiger partial charge is 0.252 e. The van der Waals surface area contributed by atoms with Crippen LogP contribution in [0.2, 0.25) is 5.02 Å². The van der Waals surface area contributed by atoms with Gasteiger partial charge in [0.05, 0.1) is 34.1 Å². The van der Waals surface area contributed by atoms with E-state index < -0.39 is 0 Å². The zero-order valence-corrected chi connectivity index (χ0v) is 15.1. The van der Waals surface area contributed by atoms with Crippen LogP contribution >= 0.6 is 11.6 Å². The Balaban J connectivity index is 1.78. The lowest BCUT2D eigenvalue weighted by Gasteiger charge is -2.15. The van der Waals surface area contributed by atoms with Gasteiger partial charge in [-0.1, -0.05) is 23.7 Å². The van der Waals surface area contributed by atoms with Gasteiger partial charge < -0.3 is 9.73 Å². The Hall–Kier alpha value is -3.25. The Morgan fingerprint density at radius 1 is 1.22 bits per heavy atom. The van der Waals surface area contributed by atoms with Crippen molar-refractivity contribution in [1.82, 2.24) is 20.3 Å². The van der Waals surface area contributed by atoms with Gasteiger partial charge in [-0.25, -0.2) is 15.0 Å². The number of furan rings is 1. The molecule has 4 rings (SSSR count). The Morgan fingerprint density at radius 3 is 2.85 bits per heavy atom. The number of carbonyl (C=O) groups is 1. The number of hydrogen-bond acceptors (Lipinski definition) is 5. The van der Waals surface area contributed by atoms with Crippen molar-refractivity contribution in [3.05, 3.63) is 77.5 Å². The summed E-state index contributed by atoms with van der Waals surface area (Å²) < 4.78 is 5.44. The van der Waals surface area contributed by atoms with E-state index in [-0.39, 0.29) is 11.9 Å². The first-order valence-corrected chi connectivity index (χ1v) is 8.71. The van der Waals surface area contributed by atoms with Crippen molar-refractivity contribution in [3.8, 4) is 11.5 Å². The molecule has 0 aliphatic rings. The van der Waals surface area contributed by atoms with E-state index in [0.717, 1.165) is 5.69 Å². The third-order valence-electron chi connectivity index (χ3n) is 4.20. The highest BCUT2D eigenvalue weighted by Crippen LogP contribution is 2.29. The molecule has 0 unspecified atom stereocenters. The molecule has 134 valence electrons. The molecule has 3 aromatic heterocycles. The van der Waals surface area contributed by atoms with Crippen LogP contribution in [0.1, 0.15) is 29.0 Å².